The van der Waals surface area contributed by atoms with Crippen LogP contribution in [0.1, 0.15) is 43.7 Å². The van der Waals surface area contributed by atoms with Crippen molar-refractivity contribution in [3.05, 3.63) is 83.9 Å². The van der Waals surface area contributed by atoms with E-state index in [-0.39, 0.29) is 0 Å². The van der Waals surface area contributed by atoms with Gasteiger partial charge in [0, 0.05) is 25.5 Å². The highest BCUT2D eigenvalue weighted by atomic mass is 15.1. The third kappa shape index (κ3) is 7.17. The van der Waals surface area contributed by atoms with E-state index in [1.807, 2.05) is 48.5 Å². The Hall–Kier alpha value is -3.78. The highest BCUT2D eigenvalue weighted by molar-refractivity contribution is 5.82. The molecule has 5 heteroatoms. The molecule has 3 aromatic rings. The molecule has 32 heavy (non-hydrogen) atoms. The van der Waals surface area contributed by atoms with Gasteiger partial charge < -0.3 is 4.90 Å². The van der Waals surface area contributed by atoms with E-state index in [0.29, 0.717) is 5.56 Å². The molecule has 0 heterocycles. The number of unbranched alkanes of at least 4 members (excludes halogenated alkanes) is 3. The lowest BCUT2D eigenvalue weighted by molar-refractivity contribution is 0.661. The second-order valence-electron chi connectivity index (χ2n) is 7.71. The Labute approximate surface area is 190 Å². The molecule has 0 saturated heterocycles. The van der Waals surface area contributed by atoms with E-state index >= 15 is 0 Å². The van der Waals surface area contributed by atoms with E-state index in [0.717, 1.165) is 29.2 Å². The van der Waals surface area contributed by atoms with Crippen molar-refractivity contribution >= 4 is 29.0 Å². The Morgan fingerprint density at radius 1 is 0.781 bits per heavy atom. The highest BCUT2D eigenvalue weighted by Gasteiger charge is 2.01. The third-order valence-electron chi connectivity index (χ3n) is 5.17. The van der Waals surface area contributed by atoms with Crippen LogP contribution in [0.2, 0.25) is 0 Å². The van der Waals surface area contributed by atoms with Crippen molar-refractivity contribution in [1.29, 1.82) is 5.26 Å². The molecule has 0 fully saturated rings. The normalized spacial score (nSPS) is 11.2. The first-order valence-corrected chi connectivity index (χ1v) is 11.0. The number of nitriles is 1. The maximum absolute atomic E-state index is 8.85. The average molecular weight is 424 g/mol. The second-order valence-corrected chi connectivity index (χ2v) is 7.71. The molecule has 0 aliphatic heterocycles. The number of hydrogen-bond acceptors (Lipinski definition) is 5. The van der Waals surface area contributed by atoms with Crippen LogP contribution in [0.5, 0.6) is 0 Å². The fraction of sp³-hybridized carbons (Fsp3) is 0.259. The molecule has 0 N–H and O–H groups in total. The first-order valence-electron chi connectivity index (χ1n) is 11.0. The molecule has 0 spiro atoms. The predicted molar refractivity (Wildman–Crippen MR) is 133 cm³/mol. The van der Waals surface area contributed by atoms with E-state index in [4.69, 9.17) is 5.26 Å². The van der Waals surface area contributed by atoms with Crippen molar-refractivity contribution in [1.82, 2.24) is 0 Å². The second kappa shape index (κ2) is 12.2. The molecular formula is C27H29N5. The lowest BCUT2D eigenvalue weighted by Crippen LogP contribution is -2.18. The molecule has 0 atom stereocenters. The van der Waals surface area contributed by atoms with Crippen LogP contribution in [0.25, 0.3) is 0 Å². The molecule has 0 aliphatic carbocycles. The van der Waals surface area contributed by atoms with Crippen LogP contribution < -0.4 is 4.90 Å². The molecule has 0 aliphatic rings. The topological polar surface area (TPSA) is 64.1 Å². The van der Waals surface area contributed by atoms with Crippen molar-refractivity contribution in [2.75, 3.05) is 18.5 Å². The number of benzene rings is 3. The number of azo groups is 1. The van der Waals surface area contributed by atoms with Gasteiger partial charge >= 0.3 is 0 Å². The number of aliphatic imine (C=N–C) groups is 1. The van der Waals surface area contributed by atoms with Gasteiger partial charge in [-0.15, -0.1) is 0 Å². The van der Waals surface area contributed by atoms with Gasteiger partial charge in [0.25, 0.3) is 0 Å². The van der Waals surface area contributed by atoms with Gasteiger partial charge in [-0.1, -0.05) is 38.3 Å². The lowest BCUT2D eigenvalue weighted by atomic mass is 10.2. The Balaban J connectivity index is 1.53. The summed E-state index contributed by atoms with van der Waals surface area (Å²) in [5, 5.41) is 17.5. The number of anilines is 1. The number of rotatable bonds is 10. The van der Waals surface area contributed by atoms with Crippen molar-refractivity contribution in [3.8, 4) is 6.07 Å². The standard InChI is InChI=1S/C27H29N5/c1-3-4-5-6-19-32(2)27-17-15-26(16-18-27)31-30-25-13-11-24(12-14-25)29-21-23-9-7-22(20-28)8-10-23/h7-18,21H,3-6,19H2,1-2H3. The van der Waals surface area contributed by atoms with Gasteiger partial charge in [-0.3, -0.25) is 4.99 Å². The van der Waals surface area contributed by atoms with Gasteiger partial charge in [0.1, 0.15) is 0 Å². The summed E-state index contributed by atoms with van der Waals surface area (Å²) in [4.78, 5) is 6.75. The third-order valence-corrected chi connectivity index (χ3v) is 5.17. The Kier molecular flexibility index (Phi) is 8.70. The Bertz CT molecular complexity index is 1060. The van der Waals surface area contributed by atoms with Gasteiger partial charge in [-0.25, -0.2) is 0 Å². The highest BCUT2D eigenvalue weighted by Crippen LogP contribution is 2.23. The van der Waals surface area contributed by atoms with E-state index < -0.39 is 0 Å². The summed E-state index contributed by atoms with van der Waals surface area (Å²) in [6, 6.07) is 25.2. The number of nitrogens with zero attached hydrogens (tertiary/aromatic N) is 5. The Morgan fingerprint density at radius 3 is 1.97 bits per heavy atom. The van der Waals surface area contributed by atoms with Crippen LogP contribution in [0.3, 0.4) is 0 Å². The van der Waals surface area contributed by atoms with Gasteiger partial charge in [-0.05, 0) is 72.6 Å². The molecule has 0 amide bonds. The molecule has 0 aromatic heterocycles. The van der Waals surface area contributed by atoms with E-state index in [2.05, 4.69) is 52.3 Å². The number of hydrogen-bond donors (Lipinski definition) is 0. The molecule has 0 radical (unpaired) electrons. The minimum atomic E-state index is 0.640. The van der Waals surface area contributed by atoms with Crippen molar-refractivity contribution in [2.45, 2.75) is 32.6 Å². The summed E-state index contributed by atoms with van der Waals surface area (Å²) in [5.74, 6) is 0. The van der Waals surface area contributed by atoms with E-state index in [1.165, 1.54) is 31.4 Å². The minimum Gasteiger partial charge on any atom is -0.375 e. The van der Waals surface area contributed by atoms with Crippen molar-refractivity contribution in [2.24, 2.45) is 15.2 Å². The van der Waals surface area contributed by atoms with Crippen LogP contribution in [0.4, 0.5) is 22.7 Å². The summed E-state index contributed by atoms with van der Waals surface area (Å²) < 4.78 is 0. The summed E-state index contributed by atoms with van der Waals surface area (Å²) in [6.45, 7) is 3.31. The fourth-order valence-electron chi connectivity index (χ4n) is 3.19. The van der Waals surface area contributed by atoms with Gasteiger partial charge in [0.05, 0.1) is 28.7 Å². The largest absolute Gasteiger partial charge is 0.375 e. The fourth-order valence-corrected chi connectivity index (χ4v) is 3.19. The molecule has 0 unspecified atom stereocenters. The quantitative estimate of drug-likeness (QED) is 0.190. The van der Waals surface area contributed by atoms with Gasteiger partial charge in [0.2, 0.25) is 0 Å². The minimum absolute atomic E-state index is 0.640. The molecular weight excluding hydrogens is 394 g/mol. The van der Waals surface area contributed by atoms with Crippen LogP contribution in [0, 0.1) is 11.3 Å². The molecule has 162 valence electrons. The summed E-state index contributed by atoms with van der Waals surface area (Å²) >= 11 is 0. The maximum atomic E-state index is 8.85. The van der Waals surface area contributed by atoms with Crippen LogP contribution in [-0.2, 0) is 0 Å². The zero-order chi connectivity index (χ0) is 22.6. The first-order chi connectivity index (χ1) is 15.7. The van der Waals surface area contributed by atoms with Crippen molar-refractivity contribution in [3.63, 3.8) is 0 Å². The zero-order valence-corrected chi connectivity index (χ0v) is 18.8. The maximum Gasteiger partial charge on any atom is 0.0991 e. The molecule has 3 aromatic carbocycles. The smallest absolute Gasteiger partial charge is 0.0991 e. The molecule has 3 rings (SSSR count). The first kappa shape index (κ1) is 22.9. The van der Waals surface area contributed by atoms with E-state index in [9.17, 15) is 0 Å². The predicted octanol–water partition coefficient (Wildman–Crippen LogP) is 7.74. The summed E-state index contributed by atoms with van der Waals surface area (Å²) in [7, 11) is 2.13. The summed E-state index contributed by atoms with van der Waals surface area (Å²) in [6.07, 6.45) is 6.85. The summed E-state index contributed by atoms with van der Waals surface area (Å²) in [5.41, 5.74) is 5.23. The van der Waals surface area contributed by atoms with Crippen LogP contribution in [-0.4, -0.2) is 19.8 Å². The SMILES string of the molecule is CCCCCCN(C)c1ccc(N=Nc2ccc(N=Cc3ccc(C#N)cc3)cc2)cc1. The molecule has 0 saturated carbocycles. The van der Waals surface area contributed by atoms with Gasteiger partial charge in [0.15, 0.2) is 0 Å². The molecule has 0 bridgehead atoms. The average Bonchev–Trinajstić information content (AvgIpc) is 2.85. The zero-order valence-electron chi connectivity index (χ0n) is 18.8. The monoisotopic (exact) mass is 423 g/mol. The van der Waals surface area contributed by atoms with Crippen LogP contribution in [0.15, 0.2) is 88.0 Å². The van der Waals surface area contributed by atoms with E-state index in [1.54, 1.807) is 18.3 Å². The van der Waals surface area contributed by atoms with Crippen LogP contribution >= 0.6 is 0 Å². The van der Waals surface area contributed by atoms with Crippen molar-refractivity contribution < 1.29 is 0 Å². The lowest BCUT2D eigenvalue weighted by Gasteiger charge is -2.19. The molecule has 5 nitrogen and oxygen atoms in total. The Morgan fingerprint density at radius 2 is 1.38 bits per heavy atom. The van der Waals surface area contributed by atoms with Gasteiger partial charge in [-0.2, -0.15) is 15.5 Å².